The van der Waals surface area contributed by atoms with E-state index in [4.69, 9.17) is 4.74 Å². The van der Waals surface area contributed by atoms with Gasteiger partial charge in [0.05, 0.1) is 11.7 Å². The van der Waals surface area contributed by atoms with Gasteiger partial charge in [-0.15, -0.1) is 0 Å². The van der Waals surface area contributed by atoms with Gasteiger partial charge in [0.1, 0.15) is 0 Å². The van der Waals surface area contributed by atoms with E-state index < -0.39 is 0 Å². The van der Waals surface area contributed by atoms with Crippen LogP contribution in [0.1, 0.15) is 27.2 Å². The topological polar surface area (TPSA) is 9.23 Å². The molecule has 0 spiro atoms. The molecule has 4 rings (SSSR count). The minimum Gasteiger partial charge on any atom is -0.372 e. The van der Waals surface area contributed by atoms with Crippen molar-refractivity contribution < 1.29 is 4.74 Å². The Morgan fingerprint density at radius 1 is 1.38 bits per heavy atom. The van der Waals surface area contributed by atoms with E-state index in [9.17, 15) is 0 Å². The molecule has 0 radical (unpaired) electrons. The molecule has 0 saturated heterocycles. The van der Waals surface area contributed by atoms with E-state index in [1.54, 1.807) is 0 Å². The molecule has 0 aromatic carbocycles. The molecule has 0 N–H and O–H groups in total. The first-order chi connectivity index (χ1) is 5.99. The molecular weight excluding hydrogens is 160 g/mol. The van der Waals surface area contributed by atoms with Gasteiger partial charge in [0.15, 0.2) is 0 Å². The normalized spacial score (nSPS) is 51.6. The maximum absolute atomic E-state index is 6.12. The molecule has 4 aliphatic carbocycles. The van der Waals surface area contributed by atoms with Crippen LogP contribution in [0.3, 0.4) is 0 Å². The van der Waals surface area contributed by atoms with Crippen LogP contribution >= 0.6 is 0 Å². The third kappa shape index (κ3) is 0.914. The lowest BCUT2D eigenvalue weighted by Crippen LogP contribution is -2.29. The molecule has 0 aromatic rings. The highest BCUT2D eigenvalue weighted by Gasteiger charge is 2.71. The lowest BCUT2D eigenvalue weighted by atomic mass is 10.0. The highest BCUT2D eigenvalue weighted by Crippen LogP contribution is 2.73. The van der Waals surface area contributed by atoms with Crippen LogP contribution < -0.4 is 0 Å². The molecule has 72 valence electrons. The Kier molecular flexibility index (Phi) is 1.26. The van der Waals surface area contributed by atoms with Gasteiger partial charge in [0, 0.05) is 5.92 Å². The number of rotatable bonds is 1. The van der Waals surface area contributed by atoms with Crippen molar-refractivity contribution in [3.8, 4) is 0 Å². The second-order valence-electron chi connectivity index (χ2n) is 5.88. The van der Waals surface area contributed by atoms with Gasteiger partial charge >= 0.3 is 0 Å². The Morgan fingerprint density at radius 3 is 2.38 bits per heavy atom. The summed E-state index contributed by atoms with van der Waals surface area (Å²) < 4.78 is 6.12. The monoisotopic (exact) mass is 178 g/mol. The highest BCUT2D eigenvalue weighted by atomic mass is 16.5. The van der Waals surface area contributed by atoms with Crippen molar-refractivity contribution in [2.75, 3.05) is 0 Å². The van der Waals surface area contributed by atoms with Crippen molar-refractivity contribution in [2.24, 2.45) is 23.7 Å². The maximum Gasteiger partial charge on any atom is 0.0684 e. The first-order valence-corrected chi connectivity index (χ1v) is 5.35. The van der Waals surface area contributed by atoms with Crippen LogP contribution in [-0.4, -0.2) is 11.7 Å². The molecule has 1 heteroatoms. The Morgan fingerprint density at radius 2 is 2.08 bits per heavy atom. The van der Waals surface area contributed by atoms with Crippen LogP contribution in [-0.2, 0) is 4.74 Å². The van der Waals surface area contributed by atoms with E-state index in [1.807, 2.05) is 0 Å². The Hall–Kier alpha value is -0.300. The molecule has 0 aliphatic heterocycles. The molecule has 4 fully saturated rings. The fourth-order valence-electron chi connectivity index (χ4n) is 3.55. The third-order valence-electron chi connectivity index (χ3n) is 3.93. The molecule has 13 heavy (non-hydrogen) atoms. The molecule has 1 nitrogen and oxygen atoms in total. The predicted octanol–water partition coefficient (Wildman–Crippen LogP) is 2.62. The zero-order valence-electron chi connectivity index (χ0n) is 8.71. The van der Waals surface area contributed by atoms with E-state index in [-0.39, 0.29) is 5.60 Å². The fourth-order valence-corrected chi connectivity index (χ4v) is 3.55. The van der Waals surface area contributed by atoms with Crippen LogP contribution in [0.2, 0.25) is 0 Å². The van der Waals surface area contributed by atoms with Crippen molar-refractivity contribution in [1.29, 1.82) is 0 Å². The molecule has 0 aromatic heterocycles. The number of hydrogen-bond acceptors (Lipinski definition) is 1. The average molecular weight is 178 g/mol. The van der Waals surface area contributed by atoms with E-state index in [1.165, 1.54) is 12.0 Å². The summed E-state index contributed by atoms with van der Waals surface area (Å²) in [5.41, 5.74) is 1.53. The third-order valence-corrected chi connectivity index (χ3v) is 3.93. The SMILES string of the molecule is C=C1[C@H]2[C@H]3C[C@@H]1[C@@H](OC(C)(C)C)[C@H]32. The van der Waals surface area contributed by atoms with Crippen LogP contribution in [0.15, 0.2) is 12.2 Å². The lowest BCUT2D eigenvalue weighted by molar-refractivity contribution is -0.0729. The lowest BCUT2D eigenvalue weighted by Gasteiger charge is -2.27. The summed E-state index contributed by atoms with van der Waals surface area (Å²) >= 11 is 0. The highest BCUT2D eigenvalue weighted by molar-refractivity contribution is 5.36. The average Bonchev–Trinajstić information content (AvgIpc) is 2.32. The Balaban J connectivity index is 1.79. The molecule has 0 amide bonds. The minimum absolute atomic E-state index is 0.0234. The van der Waals surface area contributed by atoms with Gasteiger partial charge in [0.25, 0.3) is 0 Å². The van der Waals surface area contributed by atoms with Crippen molar-refractivity contribution >= 4 is 0 Å². The van der Waals surface area contributed by atoms with Crippen molar-refractivity contribution in [2.45, 2.75) is 38.9 Å². The standard InChI is InChI=1S/C12H18O/c1-6-7-5-8-9(6)10(8)11(7)13-12(2,3)4/h7-11H,1,5H2,2-4H3/t7-,8+,9-,10+,11+/m0/s1. The summed E-state index contributed by atoms with van der Waals surface area (Å²) in [6.07, 6.45) is 1.89. The Labute approximate surface area is 80.2 Å². The first kappa shape index (κ1) is 8.05. The van der Waals surface area contributed by atoms with Crippen LogP contribution in [0.4, 0.5) is 0 Å². The minimum atomic E-state index is 0.0234. The van der Waals surface area contributed by atoms with Gasteiger partial charge in [-0.25, -0.2) is 0 Å². The van der Waals surface area contributed by atoms with Crippen molar-refractivity contribution in [1.82, 2.24) is 0 Å². The second kappa shape index (κ2) is 2.03. The predicted molar refractivity (Wildman–Crippen MR) is 52.3 cm³/mol. The summed E-state index contributed by atoms with van der Waals surface area (Å²) in [4.78, 5) is 0. The fraction of sp³-hybridized carbons (Fsp3) is 0.833. The van der Waals surface area contributed by atoms with E-state index in [0.717, 1.165) is 17.8 Å². The van der Waals surface area contributed by atoms with E-state index >= 15 is 0 Å². The van der Waals surface area contributed by atoms with Crippen molar-refractivity contribution in [3.05, 3.63) is 12.2 Å². The molecule has 5 atom stereocenters. The van der Waals surface area contributed by atoms with Gasteiger partial charge in [-0.1, -0.05) is 12.2 Å². The van der Waals surface area contributed by atoms with Crippen LogP contribution in [0.5, 0.6) is 0 Å². The van der Waals surface area contributed by atoms with Gasteiger partial charge in [-0.3, -0.25) is 0 Å². The molecule has 4 aliphatic rings. The summed E-state index contributed by atoms with van der Waals surface area (Å²) in [5.74, 6) is 3.39. The van der Waals surface area contributed by atoms with E-state index in [2.05, 4.69) is 27.4 Å². The maximum atomic E-state index is 6.12. The molecule has 0 heterocycles. The quantitative estimate of drug-likeness (QED) is 0.561. The molecular formula is C12H18O. The smallest absolute Gasteiger partial charge is 0.0684 e. The van der Waals surface area contributed by atoms with Gasteiger partial charge in [0.2, 0.25) is 0 Å². The summed E-state index contributed by atoms with van der Waals surface area (Å²) in [6.45, 7) is 10.7. The molecule has 4 saturated carbocycles. The summed E-state index contributed by atoms with van der Waals surface area (Å²) in [6, 6.07) is 0. The van der Waals surface area contributed by atoms with Gasteiger partial charge in [-0.2, -0.15) is 0 Å². The largest absolute Gasteiger partial charge is 0.372 e. The Bertz CT molecular complexity index is 273. The van der Waals surface area contributed by atoms with Crippen LogP contribution in [0, 0.1) is 23.7 Å². The van der Waals surface area contributed by atoms with E-state index in [0.29, 0.717) is 12.0 Å². The zero-order valence-corrected chi connectivity index (χ0v) is 8.71. The first-order valence-electron chi connectivity index (χ1n) is 5.35. The second-order valence-corrected chi connectivity index (χ2v) is 5.88. The summed E-state index contributed by atoms with van der Waals surface area (Å²) in [5, 5.41) is 0. The molecule has 0 unspecified atom stereocenters. The zero-order chi connectivity index (χ0) is 9.38. The van der Waals surface area contributed by atoms with Crippen molar-refractivity contribution in [3.63, 3.8) is 0 Å². The summed E-state index contributed by atoms with van der Waals surface area (Å²) in [7, 11) is 0. The number of hydrogen-bond donors (Lipinski definition) is 0. The number of ether oxygens (including phenoxy) is 1. The van der Waals surface area contributed by atoms with Gasteiger partial charge < -0.3 is 4.74 Å². The molecule has 4 bridgehead atoms. The van der Waals surface area contributed by atoms with Gasteiger partial charge in [-0.05, 0) is 44.9 Å². The van der Waals surface area contributed by atoms with Crippen LogP contribution in [0.25, 0.3) is 0 Å².